The van der Waals surface area contributed by atoms with Crippen molar-refractivity contribution in [1.29, 1.82) is 0 Å². The minimum atomic E-state index is -0.275. The van der Waals surface area contributed by atoms with Gasteiger partial charge in [0.2, 0.25) is 5.95 Å². The molecular weight excluding hydrogens is 308 g/mol. The highest BCUT2D eigenvalue weighted by Crippen LogP contribution is 2.23. The molecule has 0 aliphatic carbocycles. The average molecular weight is 336 g/mol. The molecule has 1 aliphatic heterocycles. The van der Waals surface area contributed by atoms with E-state index in [0.717, 1.165) is 18.5 Å². The van der Waals surface area contributed by atoms with Crippen LogP contribution < -0.4 is 4.90 Å². The van der Waals surface area contributed by atoms with Gasteiger partial charge in [-0.3, -0.25) is 9.69 Å². The molecule has 24 heavy (non-hydrogen) atoms. The van der Waals surface area contributed by atoms with Gasteiger partial charge in [0.1, 0.15) is 12.1 Å². The number of ether oxygens (including phenoxy) is 2. The maximum atomic E-state index is 12.2. The summed E-state index contributed by atoms with van der Waals surface area (Å²) in [5.74, 6) is 0.487. The minimum absolute atomic E-state index is 0.161. The lowest BCUT2D eigenvalue weighted by Gasteiger charge is -2.35. The Labute approximate surface area is 144 Å². The number of hydrogen-bond donors (Lipinski definition) is 0. The SMILES string of the molecule is CCCCOC(=O)C(C)N1CCOC(c2ccnc(N(C)C)n2)C1. The number of nitrogens with zero attached hydrogens (tertiary/aromatic N) is 4. The Balaban J connectivity index is 1.98. The van der Waals surface area contributed by atoms with E-state index in [0.29, 0.717) is 32.3 Å². The van der Waals surface area contributed by atoms with Crippen LogP contribution in [0.5, 0.6) is 0 Å². The first kappa shape index (κ1) is 18.6. The molecule has 7 nitrogen and oxygen atoms in total. The van der Waals surface area contributed by atoms with Gasteiger partial charge in [-0.1, -0.05) is 13.3 Å². The summed E-state index contributed by atoms with van der Waals surface area (Å²) in [6.07, 6.45) is 3.50. The van der Waals surface area contributed by atoms with Crippen LogP contribution >= 0.6 is 0 Å². The molecule has 2 rings (SSSR count). The molecule has 1 saturated heterocycles. The third-order valence-electron chi connectivity index (χ3n) is 4.12. The lowest BCUT2D eigenvalue weighted by atomic mass is 10.1. The molecule has 0 radical (unpaired) electrons. The van der Waals surface area contributed by atoms with E-state index in [1.54, 1.807) is 6.20 Å². The Morgan fingerprint density at radius 3 is 3.04 bits per heavy atom. The summed E-state index contributed by atoms with van der Waals surface area (Å²) in [5.41, 5.74) is 0.838. The van der Waals surface area contributed by atoms with Crippen LogP contribution in [0.1, 0.15) is 38.5 Å². The van der Waals surface area contributed by atoms with Crippen molar-refractivity contribution < 1.29 is 14.3 Å². The summed E-state index contributed by atoms with van der Waals surface area (Å²) in [6, 6.07) is 1.59. The van der Waals surface area contributed by atoms with Crippen LogP contribution in [0.3, 0.4) is 0 Å². The van der Waals surface area contributed by atoms with Gasteiger partial charge >= 0.3 is 5.97 Å². The maximum absolute atomic E-state index is 12.2. The predicted molar refractivity (Wildman–Crippen MR) is 92.0 cm³/mol. The van der Waals surface area contributed by atoms with Crippen molar-refractivity contribution >= 4 is 11.9 Å². The van der Waals surface area contributed by atoms with Gasteiger partial charge in [-0.05, 0) is 19.4 Å². The highest BCUT2D eigenvalue weighted by Gasteiger charge is 2.30. The van der Waals surface area contributed by atoms with Crippen LogP contribution in [0.25, 0.3) is 0 Å². The lowest BCUT2D eigenvalue weighted by molar-refractivity contribution is -0.152. The Morgan fingerprint density at radius 2 is 2.33 bits per heavy atom. The summed E-state index contributed by atoms with van der Waals surface area (Å²) in [6.45, 7) is 6.36. The average Bonchev–Trinajstić information content (AvgIpc) is 2.61. The van der Waals surface area contributed by atoms with Gasteiger partial charge in [0, 0.05) is 33.4 Å². The van der Waals surface area contributed by atoms with Crippen LogP contribution in [-0.2, 0) is 14.3 Å². The molecular formula is C17H28N4O3. The molecule has 2 heterocycles. The van der Waals surface area contributed by atoms with Crippen LogP contribution in [0.4, 0.5) is 5.95 Å². The second kappa shape index (κ2) is 8.94. The number of unbranched alkanes of at least 4 members (excludes halogenated alkanes) is 1. The second-order valence-corrected chi connectivity index (χ2v) is 6.23. The van der Waals surface area contributed by atoms with E-state index in [9.17, 15) is 4.79 Å². The highest BCUT2D eigenvalue weighted by molar-refractivity contribution is 5.75. The van der Waals surface area contributed by atoms with Crippen molar-refractivity contribution in [2.75, 3.05) is 45.3 Å². The summed E-state index contributed by atoms with van der Waals surface area (Å²) >= 11 is 0. The number of carbonyl (C=O) groups is 1. The summed E-state index contributed by atoms with van der Waals surface area (Å²) in [7, 11) is 3.81. The Morgan fingerprint density at radius 1 is 1.54 bits per heavy atom. The molecule has 0 amide bonds. The van der Waals surface area contributed by atoms with Crippen LogP contribution in [-0.4, -0.2) is 67.3 Å². The molecule has 1 aliphatic rings. The molecule has 134 valence electrons. The molecule has 1 aromatic heterocycles. The van der Waals surface area contributed by atoms with E-state index >= 15 is 0 Å². The Hall–Kier alpha value is -1.73. The zero-order chi connectivity index (χ0) is 17.5. The molecule has 0 aromatic carbocycles. The van der Waals surface area contributed by atoms with Crippen molar-refractivity contribution in [2.24, 2.45) is 0 Å². The van der Waals surface area contributed by atoms with E-state index in [1.165, 1.54) is 0 Å². The first-order valence-electron chi connectivity index (χ1n) is 8.55. The normalized spacial score (nSPS) is 19.8. The molecule has 0 saturated carbocycles. The molecule has 1 aromatic rings. The molecule has 0 N–H and O–H groups in total. The standard InChI is InChI=1S/C17H28N4O3/c1-5-6-10-24-16(22)13(2)21-9-11-23-15(12-21)14-7-8-18-17(19-14)20(3)4/h7-8,13,15H,5-6,9-12H2,1-4H3. The van der Waals surface area contributed by atoms with E-state index in [4.69, 9.17) is 9.47 Å². The largest absolute Gasteiger partial charge is 0.465 e. The number of carbonyl (C=O) groups excluding carboxylic acids is 1. The third kappa shape index (κ3) is 4.88. The number of morpholine rings is 1. The zero-order valence-electron chi connectivity index (χ0n) is 15.1. The summed E-state index contributed by atoms with van der Waals surface area (Å²) in [5, 5.41) is 0. The second-order valence-electron chi connectivity index (χ2n) is 6.23. The topological polar surface area (TPSA) is 67.8 Å². The molecule has 0 spiro atoms. The number of anilines is 1. The first-order chi connectivity index (χ1) is 11.5. The van der Waals surface area contributed by atoms with Crippen molar-refractivity contribution in [3.8, 4) is 0 Å². The van der Waals surface area contributed by atoms with Crippen molar-refractivity contribution in [2.45, 2.75) is 38.8 Å². The number of aromatic nitrogens is 2. The van der Waals surface area contributed by atoms with Crippen LogP contribution in [0, 0.1) is 0 Å². The minimum Gasteiger partial charge on any atom is -0.465 e. The van der Waals surface area contributed by atoms with E-state index < -0.39 is 0 Å². The molecule has 7 heteroatoms. The molecule has 2 unspecified atom stereocenters. The van der Waals surface area contributed by atoms with E-state index in [-0.39, 0.29) is 18.1 Å². The lowest BCUT2D eigenvalue weighted by Crippen LogP contribution is -2.47. The summed E-state index contributed by atoms with van der Waals surface area (Å²) in [4.78, 5) is 24.9. The van der Waals surface area contributed by atoms with E-state index in [2.05, 4.69) is 21.8 Å². The number of esters is 1. The smallest absolute Gasteiger partial charge is 0.323 e. The zero-order valence-corrected chi connectivity index (χ0v) is 15.1. The first-order valence-corrected chi connectivity index (χ1v) is 8.55. The molecule has 2 atom stereocenters. The van der Waals surface area contributed by atoms with Crippen molar-refractivity contribution in [3.05, 3.63) is 18.0 Å². The van der Waals surface area contributed by atoms with Gasteiger partial charge in [0.05, 0.1) is 18.9 Å². The number of hydrogen-bond acceptors (Lipinski definition) is 7. The highest BCUT2D eigenvalue weighted by atomic mass is 16.5. The van der Waals surface area contributed by atoms with Crippen molar-refractivity contribution in [1.82, 2.24) is 14.9 Å². The van der Waals surface area contributed by atoms with Crippen molar-refractivity contribution in [3.63, 3.8) is 0 Å². The predicted octanol–water partition coefficient (Wildman–Crippen LogP) is 1.65. The van der Waals surface area contributed by atoms with E-state index in [1.807, 2.05) is 32.0 Å². The van der Waals surface area contributed by atoms with Gasteiger partial charge in [-0.25, -0.2) is 9.97 Å². The van der Waals surface area contributed by atoms with Gasteiger partial charge < -0.3 is 14.4 Å². The van der Waals surface area contributed by atoms with Gasteiger partial charge in [0.15, 0.2) is 0 Å². The van der Waals surface area contributed by atoms with Gasteiger partial charge in [0.25, 0.3) is 0 Å². The maximum Gasteiger partial charge on any atom is 0.323 e. The summed E-state index contributed by atoms with van der Waals surface area (Å²) < 4.78 is 11.2. The third-order valence-corrected chi connectivity index (χ3v) is 4.12. The Bertz CT molecular complexity index is 538. The Kier molecular flexibility index (Phi) is 6.93. The van der Waals surface area contributed by atoms with Gasteiger partial charge in [-0.15, -0.1) is 0 Å². The monoisotopic (exact) mass is 336 g/mol. The molecule has 1 fully saturated rings. The fourth-order valence-electron chi connectivity index (χ4n) is 2.54. The van der Waals surface area contributed by atoms with Crippen LogP contribution in [0.2, 0.25) is 0 Å². The van der Waals surface area contributed by atoms with Gasteiger partial charge in [-0.2, -0.15) is 0 Å². The fraction of sp³-hybridized carbons (Fsp3) is 0.706. The van der Waals surface area contributed by atoms with Crippen LogP contribution in [0.15, 0.2) is 12.3 Å². The quantitative estimate of drug-likeness (QED) is 0.554. The molecule has 0 bridgehead atoms. The number of rotatable bonds is 7. The fourth-order valence-corrected chi connectivity index (χ4v) is 2.54.